The lowest BCUT2D eigenvalue weighted by Crippen LogP contribution is -2.67. The topological polar surface area (TPSA) is 12.5 Å². The number of hydrogen-bond donors (Lipinski definition) is 0. The smallest absolute Gasteiger partial charge is 0.0575 e. The molecule has 0 amide bonds. The van der Waals surface area contributed by atoms with Crippen LogP contribution in [0.25, 0.3) is 0 Å². The first-order valence-corrected chi connectivity index (χ1v) is 6.42. The van der Waals surface area contributed by atoms with Crippen molar-refractivity contribution in [2.75, 3.05) is 7.11 Å². The lowest BCUT2D eigenvalue weighted by molar-refractivity contribution is -0.307. The molecular weight excluding hydrogens is 186 g/mol. The lowest BCUT2D eigenvalue weighted by atomic mass is 9.56. The summed E-state index contributed by atoms with van der Waals surface area (Å²) in [4.78, 5) is 5.74. The molecule has 2 nitrogen and oxygen atoms in total. The standard InChI is InChI=1S/C13H23NO/c1-12-6-4-10-5-7-13(2,14(12)15-3)9-11(10)8-12/h10-11H,4-9H2,1-3H3. The second-order valence-corrected chi connectivity index (χ2v) is 6.48. The molecule has 0 aromatic heterocycles. The van der Waals surface area contributed by atoms with E-state index in [1.54, 1.807) is 0 Å². The Morgan fingerprint density at radius 3 is 2.00 bits per heavy atom. The molecular formula is C13H23NO. The summed E-state index contributed by atoms with van der Waals surface area (Å²) in [5.41, 5.74) is 0.646. The highest BCUT2D eigenvalue weighted by atomic mass is 16.7. The molecule has 1 heterocycles. The van der Waals surface area contributed by atoms with Crippen molar-refractivity contribution in [1.82, 2.24) is 5.06 Å². The molecule has 86 valence electrons. The summed E-state index contributed by atoms with van der Waals surface area (Å²) >= 11 is 0. The molecule has 0 N–H and O–H groups in total. The SMILES string of the molecule is CON1C2(C)CCC3CCC1(C)CC3C2. The minimum atomic E-state index is 0.323. The quantitative estimate of drug-likeness (QED) is 0.658. The number of fused-ring (bicyclic) bond motifs is 2. The van der Waals surface area contributed by atoms with Gasteiger partial charge in [0.15, 0.2) is 0 Å². The van der Waals surface area contributed by atoms with Crippen LogP contribution in [0.4, 0.5) is 0 Å². The van der Waals surface area contributed by atoms with Crippen LogP contribution in [0.5, 0.6) is 0 Å². The zero-order valence-corrected chi connectivity index (χ0v) is 10.3. The summed E-state index contributed by atoms with van der Waals surface area (Å²) < 4.78 is 0. The Balaban J connectivity index is 2.00. The fourth-order valence-corrected chi connectivity index (χ4v) is 4.81. The highest BCUT2D eigenvalue weighted by Crippen LogP contribution is 2.57. The molecule has 2 aliphatic carbocycles. The summed E-state index contributed by atoms with van der Waals surface area (Å²) in [5.74, 6) is 2.01. The van der Waals surface area contributed by atoms with E-state index in [1.165, 1.54) is 38.5 Å². The Morgan fingerprint density at radius 2 is 1.53 bits per heavy atom. The van der Waals surface area contributed by atoms with Crippen molar-refractivity contribution in [3.63, 3.8) is 0 Å². The Morgan fingerprint density at radius 1 is 1.00 bits per heavy atom. The third kappa shape index (κ3) is 1.24. The first-order valence-electron chi connectivity index (χ1n) is 6.42. The van der Waals surface area contributed by atoms with E-state index in [2.05, 4.69) is 18.9 Å². The van der Waals surface area contributed by atoms with Crippen LogP contribution in [-0.4, -0.2) is 23.3 Å². The molecule has 1 aliphatic heterocycles. The van der Waals surface area contributed by atoms with Gasteiger partial charge < -0.3 is 4.84 Å². The van der Waals surface area contributed by atoms with Crippen LogP contribution in [0.15, 0.2) is 0 Å². The summed E-state index contributed by atoms with van der Waals surface area (Å²) in [7, 11) is 1.86. The van der Waals surface area contributed by atoms with Crippen molar-refractivity contribution in [2.24, 2.45) is 11.8 Å². The Bertz CT molecular complexity index is 256. The minimum Gasteiger partial charge on any atom is -0.301 e. The average Bonchev–Trinajstić information content (AvgIpc) is 2.15. The number of hydrogen-bond acceptors (Lipinski definition) is 2. The van der Waals surface area contributed by atoms with E-state index in [-0.39, 0.29) is 0 Å². The summed E-state index contributed by atoms with van der Waals surface area (Å²) in [6.07, 6.45) is 8.24. The molecule has 2 saturated carbocycles. The van der Waals surface area contributed by atoms with E-state index in [9.17, 15) is 0 Å². The van der Waals surface area contributed by atoms with E-state index in [0.29, 0.717) is 11.1 Å². The lowest BCUT2D eigenvalue weighted by Gasteiger charge is -2.63. The van der Waals surface area contributed by atoms with Gasteiger partial charge in [-0.15, -0.1) is 0 Å². The molecule has 2 atom stereocenters. The van der Waals surface area contributed by atoms with Crippen LogP contribution in [0.1, 0.15) is 52.4 Å². The van der Waals surface area contributed by atoms with Crippen molar-refractivity contribution in [2.45, 2.75) is 63.5 Å². The van der Waals surface area contributed by atoms with Crippen molar-refractivity contribution in [3.8, 4) is 0 Å². The predicted molar refractivity (Wildman–Crippen MR) is 60.3 cm³/mol. The third-order valence-electron chi connectivity index (χ3n) is 5.34. The maximum absolute atomic E-state index is 5.74. The molecule has 3 fully saturated rings. The van der Waals surface area contributed by atoms with Crippen LogP contribution < -0.4 is 0 Å². The first kappa shape index (κ1) is 10.1. The molecule has 0 radical (unpaired) electrons. The van der Waals surface area contributed by atoms with Crippen LogP contribution in [0.2, 0.25) is 0 Å². The zero-order valence-electron chi connectivity index (χ0n) is 10.3. The molecule has 3 bridgehead atoms. The van der Waals surface area contributed by atoms with Crippen LogP contribution >= 0.6 is 0 Å². The van der Waals surface area contributed by atoms with Gasteiger partial charge in [0.25, 0.3) is 0 Å². The highest BCUT2D eigenvalue weighted by molar-refractivity contribution is 5.08. The number of rotatable bonds is 1. The van der Waals surface area contributed by atoms with Gasteiger partial charge in [-0.1, -0.05) is 0 Å². The second kappa shape index (κ2) is 2.98. The van der Waals surface area contributed by atoms with Gasteiger partial charge >= 0.3 is 0 Å². The maximum atomic E-state index is 5.74. The minimum absolute atomic E-state index is 0.323. The van der Waals surface area contributed by atoms with Crippen LogP contribution in [0, 0.1) is 11.8 Å². The molecule has 2 heteroatoms. The summed E-state index contributed by atoms with van der Waals surface area (Å²) in [6, 6.07) is 0. The van der Waals surface area contributed by atoms with Crippen molar-refractivity contribution >= 4 is 0 Å². The van der Waals surface area contributed by atoms with Crippen molar-refractivity contribution in [3.05, 3.63) is 0 Å². The molecule has 3 rings (SSSR count). The van der Waals surface area contributed by atoms with Gasteiger partial charge in [0.1, 0.15) is 0 Å². The molecule has 1 saturated heterocycles. The van der Waals surface area contributed by atoms with Gasteiger partial charge in [-0.05, 0) is 64.2 Å². The Kier molecular flexibility index (Phi) is 2.01. The summed E-state index contributed by atoms with van der Waals surface area (Å²) in [5, 5.41) is 2.35. The molecule has 3 aliphatic rings. The van der Waals surface area contributed by atoms with E-state index in [4.69, 9.17) is 4.84 Å². The van der Waals surface area contributed by atoms with E-state index >= 15 is 0 Å². The molecule has 2 unspecified atom stereocenters. The number of nitrogens with zero attached hydrogens (tertiary/aromatic N) is 1. The zero-order chi connectivity index (χ0) is 10.7. The molecule has 0 aromatic carbocycles. The van der Waals surface area contributed by atoms with E-state index in [0.717, 1.165) is 11.8 Å². The van der Waals surface area contributed by atoms with Crippen molar-refractivity contribution in [1.29, 1.82) is 0 Å². The third-order valence-corrected chi connectivity index (χ3v) is 5.34. The first-order chi connectivity index (χ1) is 7.07. The van der Waals surface area contributed by atoms with E-state index in [1.807, 2.05) is 7.11 Å². The monoisotopic (exact) mass is 209 g/mol. The van der Waals surface area contributed by atoms with Gasteiger partial charge in [-0.3, -0.25) is 0 Å². The Labute approximate surface area is 92.9 Å². The molecule has 15 heavy (non-hydrogen) atoms. The molecule has 0 spiro atoms. The van der Waals surface area contributed by atoms with E-state index < -0.39 is 0 Å². The fourth-order valence-electron chi connectivity index (χ4n) is 4.81. The van der Waals surface area contributed by atoms with Gasteiger partial charge in [-0.25, -0.2) is 0 Å². The maximum Gasteiger partial charge on any atom is 0.0575 e. The molecule has 0 aromatic rings. The van der Waals surface area contributed by atoms with Gasteiger partial charge in [0.05, 0.1) is 7.11 Å². The van der Waals surface area contributed by atoms with Gasteiger partial charge in [-0.2, -0.15) is 5.06 Å². The summed E-state index contributed by atoms with van der Waals surface area (Å²) in [6.45, 7) is 4.81. The predicted octanol–water partition coefficient (Wildman–Crippen LogP) is 2.98. The van der Waals surface area contributed by atoms with Gasteiger partial charge in [0, 0.05) is 11.1 Å². The van der Waals surface area contributed by atoms with Gasteiger partial charge in [0.2, 0.25) is 0 Å². The normalized spacial score (nSPS) is 54.6. The largest absolute Gasteiger partial charge is 0.301 e. The highest BCUT2D eigenvalue weighted by Gasteiger charge is 2.57. The fraction of sp³-hybridized carbons (Fsp3) is 1.00. The Hall–Kier alpha value is -0.0800. The average molecular weight is 209 g/mol. The van der Waals surface area contributed by atoms with Crippen LogP contribution in [-0.2, 0) is 4.84 Å². The number of hydroxylamine groups is 2. The van der Waals surface area contributed by atoms with Crippen LogP contribution in [0.3, 0.4) is 0 Å². The number of piperidine rings is 1. The second-order valence-electron chi connectivity index (χ2n) is 6.48. The van der Waals surface area contributed by atoms with Crippen molar-refractivity contribution < 1.29 is 4.84 Å².